The van der Waals surface area contributed by atoms with Gasteiger partial charge in [-0.1, -0.05) is 12.1 Å². The maximum atomic E-state index is 12.1. The fourth-order valence-electron chi connectivity index (χ4n) is 2.39. The van der Waals surface area contributed by atoms with E-state index in [4.69, 9.17) is 9.47 Å². The van der Waals surface area contributed by atoms with Crippen molar-refractivity contribution in [3.63, 3.8) is 0 Å². The van der Waals surface area contributed by atoms with Crippen LogP contribution in [0.2, 0.25) is 0 Å². The summed E-state index contributed by atoms with van der Waals surface area (Å²) in [5.41, 5.74) is 1.15. The first-order valence-corrected chi connectivity index (χ1v) is 6.90. The molecule has 0 spiro atoms. The lowest BCUT2D eigenvalue weighted by Gasteiger charge is -2.16. The minimum atomic E-state index is -0.0923. The van der Waals surface area contributed by atoms with E-state index in [1.165, 1.54) is 0 Å². The van der Waals surface area contributed by atoms with Gasteiger partial charge in [-0.05, 0) is 31.2 Å². The molecule has 2 rings (SSSR count). The number of amides is 1. The van der Waals surface area contributed by atoms with Crippen LogP contribution in [0.1, 0.15) is 5.56 Å². The SMILES string of the molecule is CNC1COCC1C(=O)NCCc1cccc(OC)c1. The number of ether oxygens (including phenoxy) is 2. The number of carbonyl (C=O) groups excluding carboxylic acids is 1. The molecule has 1 aliphatic rings. The van der Waals surface area contributed by atoms with Gasteiger partial charge >= 0.3 is 0 Å². The van der Waals surface area contributed by atoms with Crippen LogP contribution >= 0.6 is 0 Å². The smallest absolute Gasteiger partial charge is 0.227 e. The normalized spacial score (nSPS) is 21.7. The van der Waals surface area contributed by atoms with E-state index in [9.17, 15) is 4.79 Å². The van der Waals surface area contributed by atoms with Crippen molar-refractivity contribution in [3.8, 4) is 5.75 Å². The van der Waals surface area contributed by atoms with Crippen LogP contribution in [0.4, 0.5) is 0 Å². The zero-order chi connectivity index (χ0) is 14.4. The molecule has 2 N–H and O–H groups in total. The lowest BCUT2D eigenvalue weighted by molar-refractivity contribution is -0.125. The Bertz CT molecular complexity index is 450. The minimum absolute atomic E-state index is 0.0600. The molecule has 0 saturated carbocycles. The summed E-state index contributed by atoms with van der Waals surface area (Å²) in [5, 5.41) is 6.09. The van der Waals surface area contributed by atoms with Crippen molar-refractivity contribution in [2.45, 2.75) is 12.5 Å². The molecule has 1 aromatic carbocycles. The highest BCUT2D eigenvalue weighted by Gasteiger charge is 2.32. The van der Waals surface area contributed by atoms with Crippen LogP contribution in [0.15, 0.2) is 24.3 Å². The van der Waals surface area contributed by atoms with Gasteiger partial charge in [-0.3, -0.25) is 4.79 Å². The number of hydrogen-bond acceptors (Lipinski definition) is 4. The zero-order valence-electron chi connectivity index (χ0n) is 12.0. The second kappa shape index (κ2) is 7.26. The van der Waals surface area contributed by atoms with Gasteiger partial charge in [0.05, 0.1) is 26.2 Å². The van der Waals surface area contributed by atoms with Crippen LogP contribution < -0.4 is 15.4 Å². The van der Waals surface area contributed by atoms with Gasteiger partial charge in [-0.25, -0.2) is 0 Å². The Morgan fingerprint density at radius 3 is 3.05 bits per heavy atom. The number of methoxy groups -OCH3 is 1. The first-order chi connectivity index (χ1) is 9.74. The quantitative estimate of drug-likeness (QED) is 0.799. The average molecular weight is 278 g/mol. The van der Waals surface area contributed by atoms with Crippen molar-refractivity contribution in [2.75, 3.05) is 33.9 Å². The third kappa shape index (κ3) is 3.71. The standard InChI is InChI=1S/C15H22N2O3/c1-16-14-10-20-9-13(14)15(18)17-7-6-11-4-3-5-12(8-11)19-2/h3-5,8,13-14,16H,6-7,9-10H2,1-2H3,(H,17,18). The largest absolute Gasteiger partial charge is 0.497 e. The first-order valence-electron chi connectivity index (χ1n) is 6.90. The number of rotatable bonds is 6. The third-order valence-corrected chi connectivity index (χ3v) is 3.64. The van der Waals surface area contributed by atoms with Gasteiger partial charge in [0.25, 0.3) is 0 Å². The first kappa shape index (κ1) is 14.8. The van der Waals surface area contributed by atoms with E-state index in [-0.39, 0.29) is 17.9 Å². The molecule has 1 fully saturated rings. The van der Waals surface area contributed by atoms with Crippen LogP contribution in [-0.2, 0) is 16.0 Å². The van der Waals surface area contributed by atoms with E-state index in [1.807, 2.05) is 31.3 Å². The van der Waals surface area contributed by atoms with Gasteiger partial charge in [-0.2, -0.15) is 0 Å². The fourth-order valence-corrected chi connectivity index (χ4v) is 2.39. The summed E-state index contributed by atoms with van der Waals surface area (Å²) in [6.07, 6.45) is 0.792. The van der Waals surface area contributed by atoms with Gasteiger partial charge in [0.15, 0.2) is 0 Å². The molecule has 0 bridgehead atoms. The topological polar surface area (TPSA) is 59.6 Å². The predicted molar refractivity (Wildman–Crippen MR) is 76.9 cm³/mol. The summed E-state index contributed by atoms with van der Waals surface area (Å²) >= 11 is 0. The summed E-state index contributed by atoms with van der Waals surface area (Å²) in [6.45, 7) is 1.72. The summed E-state index contributed by atoms with van der Waals surface area (Å²) in [4.78, 5) is 12.1. The van der Waals surface area contributed by atoms with Crippen LogP contribution in [-0.4, -0.2) is 45.9 Å². The van der Waals surface area contributed by atoms with Crippen LogP contribution in [0.25, 0.3) is 0 Å². The molecule has 1 heterocycles. The van der Waals surface area contributed by atoms with Crippen LogP contribution in [0.3, 0.4) is 0 Å². The van der Waals surface area contributed by atoms with Crippen molar-refractivity contribution >= 4 is 5.91 Å². The number of carbonyl (C=O) groups is 1. The van der Waals surface area contributed by atoms with Crippen molar-refractivity contribution in [3.05, 3.63) is 29.8 Å². The van der Waals surface area contributed by atoms with Gasteiger partial charge in [0.1, 0.15) is 5.75 Å². The van der Waals surface area contributed by atoms with Gasteiger partial charge in [0.2, 0.25) is 5.91 Å². The van der Waals surface area contributed by atoms with Crippen molar-refractivity contribution in [2.24, 2.45) is 5.92 Å². The van der Waals surface area contributed by atoms with Gasteiger partial charge < -0.3 is 20.1 Å². The highest BCUT2D eigenvalue weighted by atomic mass is 16.5. The van der Waals surface area contributed by atoms with Crippen LogP contribution in [0.5, 0.6) is 5.75 Å². The lowest BCUT2D eigenvalue weighted by Crippen LogP contribution is -2.43. The van der Waals surface area contributed by atoms with E-state index in [1.54, 1.807) is 7.11 Å². The van der Waals surface area contributed by atoms with Crippen LogP contribution in [0, 0.1) is 5.92 Å². The van der Waals surface area contributed by atoms with E-state index < -0.39 is 0 Å². The average Bonchev–Trinajstić information content (AvgIpc) is 2.96. The van der Waals surface area contributed by atoms with Crippen molar-refractivity contribution in [1.29, 1.82) is 0 Å². The number of likely N-dealkylation sites (N-methyl/N-ethyl adjacent to an activating group) is 1. The Morgan fingerprint density at radius 1 is 1.45 bits per heavy atom. The monoisotopic (exact) mass is 278 g/mol. The maximum absolute atomic E-state index is 12.1. The van der Waals surface area contributed by atoms with Crippen molar-refractivity contribution in [1.82, 2.24) is 10.6 Å². The third-order valence-electron chi connectivity index (χ3n) is 3.64. The predicted octanol–water partition coefficient (Wildman–Crippen LogP) is 0.588. The molecule has 0 aliphatic carbocycles. The fraction of sp³-hybridized carbons (Fsp3) is 0.533. The summed E-state index contributed by atoms with van der Waals surface area (Å²) in [6, 6.07) is 8.00. The zero-order valence-corrected chi connectivity index (χ0v) is 12.0. The van der Waals surface area contributed by atoms with E-state index in [0.29, 0.717) is 19.8 Å². The molecule has 1 aliphatic heterocycles. The highest BCUT2D eigenvalue weighted by Crippen LogP contribution is 2.14. The number of nitrogens with one attached hydrogen (secondary N) is 2. The number of hydrogen-bond donors (Lipinski definition) is 2. The molecular weight excluding hydrogens is 256 g/mol. The van der Waals surface area contributed by atoms with E-state index >= 15 is 0 Å². The molecular formula is C15H22N2O3. The van der Waals surface area contributed by atoms with Crippen molar-refractivity contribution < 1.29 is 14.3 Å². The number of benzene rings is 1. The maximum Gasteiger partial charge on any atom is 0.227 e. The Hall–Kier alpha value is -1.59. The Balaban J connectivity index is 1.79. The second-order valence-corrected chi connectivity index (χ2v) is 4.93. The summed E-state index contributed by atoms with van der Waals surface area (Å²) in [7, 11) is 3.51. The lowest BCUT2D eigenvalue weighted by atomic mass is 10.0. The molecule has 2 unspecified atom stereocenters. The van der Waals surface area contributed by atoms with E-state index in [2.05, 4.69) is 10.6 Å². The molecule has 1 saturated heterocycles. The molecule has 110 valence electrons. The molecule has 1 amide bonds. The minimum Gasteiger partial charge on any atom is -0.497 e. The second-order valence-electron chi connectivity index (χ2n) is 4.93. The Kier molecular flexibility index (Phi) is 5.38. The van der Waals surface area contributed by atoms with Gasteiger partial charge in [0, 0.05) is 12.6 Å². The van der Waals surface area contributed by atoms with Gasteiger partial charge in [-0.15, -0.1) is 0 Å². The summed E-state index contributed by atoms with van der Waals surface area (Å²) in [5.74, 6) is 0.809. The molecule has 0 aromatic heterocycles. The molecule has 1 aromatic rings. The Morgan fingerprint density at radius 2 is 2.30 bits per heavy atom. The Labute approximate surface area is 119 Å². The molecule has 2 atom stereocenters. The molecule has 20 heavy (non-hydrogen) atoms. The highest BCUT2D eigenvalue weighted by molar-refractivity contribution is 5.79. The van der Waals surface area contributed by atoms with E-state index in [0.717, 1.165) is 17.7 Å². The molecule has 5 nitrogen and oxygen atoms in total. The molecule has 0 radical (unpaired) electrons. The molecule has 5 heteroatoms. The summed E-state index contributed by atoms with van der Waals surface area (Å²) < 4.78 is 10.5.